The van der Waals surface area contributed by atoms with Crippen molar-refractivity contribution in [1.29, 1.82) is 0 Å². The number of aromatic hydroxyl groups is 3. The molecule has 0 saturated carbocycles. The number of carbonyl (C=O) groups is 3. The molecular weight excluding hydrogens is 615 g/mol. The first kappa shape index (κ1) is 34.1. The van der Waals surface area contributed by atoms with Crippen LogP contribution in [0, 0.1) is 5.82 Å². The molecule has 8 nitrogen and oxygen atoms in total. The van der Waals surface area contributed by atoms with Gasteiger partial charge in [0, 0.05) is 17.2 Å². The maximum absolute atomic E-state index is 12.7. The second-order valence-corrected chi connectivity index (χ2v) is 10.2. The molecule has 0 fully saturated rings. The highest BCUT2D eigenvalue weighted by molar-refractivity contribution is 6.10. The van der Waals surface area contributed by atoms with Crippen LogP contribution >= 0.6 is 0 Å². The third-order valence-electron chi connectivity index (χ3n) is 6.92. The molecule has 240 valence electrons. The Kier molecular flexibility index (Phi) is 11.4. The second kappa shape index (κ2) is 16.0. The highest BCUT2D eigenvalue weighted by atomic mass is 19.1. The van der Waals surface area contributed by atoms with E-state index in [0.717, 1.165) is 22.8 Å². The van der Waals surface area contributed by atoms with E-state index in [0.29, 0.717) is 11.1 Å². The zero-order chi connectivity index (χ0) is 34.6. The Morgan fingerprint density at radius 1 is 0.479 bits per heavy atom. The fraction of sp³-hybridized carbons (Fsp3) is 0. The molecule has 0 aromatic heterocycles. The molecule has 0 radical (unpaired) electrons. The van der Waals surface area contributed by atoms with Gasteiger partial charge in [-0.25, -0.2) is 14.0 Å². The molecule has 0 aliphatic rings. The number of carboxylic acid groups (broad SMARTS) is 2. The molecule has 6 aromatic carbocycles. The van der Waals surface area contributed by atoms with Crippen molar-refractivity contribution in [2.45, 2.75) is 0 Å². The molecule has 5 N–H and O–H groups in total. The summed E-state index contributed by atoms with van der Waals surface area (Å²) in [6, 6.07) is 39.0. The van der Waals surface area contributed by atoms with Crippen LogP contribution in [-0.4, -0.2) is 43.3 Å². The highest BCUT2D eigenvalue weighted by Crippen LogP contribution is 2.32. The van der Waals surface area contributed by atoms with Gasteiger partial charge in [-0.15, -0.1) is 0 Å². The minimum Gasteiger partial charge on any atom is -0.508 e. The Bertz CT molecular complexity index is 2010. The summed E-state index contributed by atoms with van der Waals surface area (Å²) >= 11 is 0. The molecule has 0 spiro atoms. The van der Waals surface area contributed by atoms with Gasteiger partial charge >= 0.3 is 11.9 Å². The van der Waals surface area contributed by atoms with E-state index >= 15 is 0 Å². The van der Waals surface area contributed by atoms with Crippen molar-refractivity contribution < 1.29 is 44.3 Å². The summed E-state index contributed by atoms with van der Waals surface area (Å²) in [5.74, 6) is -3.11. The lowest BCUT2D eigenvalue weighted by Gasteiger charge is -2.06. The van der Waals surface area contributed by atoms with Crippen molar-refractivity contribution in [3.63, 3.8) is 0 Å². The van der Waals surface area contributed by atoms with Crippen molar-refractivity contribution in [2.24, 2.45) is 0 Å². The monoisotopic (exact) mass is 644 g/mol. The van der Waals surface area contributed by atoms with Gasteiger partial charge in [0.1, 0.15) is 28.6 Å². The smallest absolute Gasteiger partial charge is 0.339 e. The van der Waals surface area contributed by atoms with Gasteiger partial charge in [0.05, 0.1) is 11.1 Å². The van der Waals surface area contributed by atoms with Crippen molar-refractivity contribution in [3.8, 4) is 39.5 Å². The van der Waals surface area contributed by atoms with E-state index in [1.165, 1.54) is 42.5 Å². The van der Waals surface area contributed by atoms with E-state index in [4.69, 9.17) is 15.3 Å². The van der Waals surface area contributed by atoms with Gasteiger partial charge < -0.3 is 25.5 Å². The van der Waals surface area contributed by atoms with Crippen LogP contribution in [0.15, 0.2) is 146 Å². The Hall–Kier alpha value is -6.74. The number of benzene rings is 6. The molecule has 6 rings (SSSR count). The third kappa shape index (κ3) is 8.92. The Morgan fingerprint density at radius 2 is 1.04 bits per heavy atom. The molecule has 6 aromatic rings. The first-order chi connectivity index (χ1) is 23.0. The summed E-state index contributed by atoms with van der Waals surface area (Å²) < 4.78 is 12.7. The number of ketones is 1. The number of phenols is 3. The summed E-state index contributed by atoms with van der Waals surface area (Å²) in [7, 11) is 0. The zero-order valence-corrected chi connectivity index (χ0v) is 25.2. The minimum absolute atomic E-state index is 0.0675. The number of halogens is 1. The van der Waals surface area contributed by atoms with E-state index in [2.05, 4.69) is 0 Å². The number of carbonyl (C=O) groups excluding carboxylic acids is 1. The Morgan fingerprint density at radius 3 is 1.58 bits per heavy atom. The number of hydrogen-bond acceptors (Lipinski definition) is 6. The van der Waals surface area contributed by atoms with Gasteiger partial charge in [0.15, 0.2) is 5.78 Å². The SMILES string of the molecule is O=C(O)c1ccc(-c2ccc(F)cc2)cc1.O=C(O)c1cccc(-c2ccccc2)c1O.O=C(c1ccccc1)c1ccc(O)cc1O. The van der Waals surface area contributed by atoms with Crippen molar-refractivity contribution >= 4 is 17.7 Å². The number of aromatic carboxylic acids is 2. The van der Waals surface area contributed by atoms with E-state index in [-0.39, 0.29) is 45.5 Å². The molecule has 48 heavy (non-hydrogen) atoms. The molecule has 0 aliphatic heterocycles. The van der Waals surface area contributed by atoms with Gasteiger partial charge in [-0.3, -0.25) is 4.79 Å². The molecule has 9 heteroatoms. The first-order valence-electron chi connectivity index (χ1n) is 14.4. The molecule has 0 atom stereocenters. The maximum Gasteiger partial charge on any atom is 0.339 e. The average molecular weight is 645 g/mol. The number of hydrogen-bond donors (Lipinski definition) is 5. The first-order valence-corrected chi connectivity index (χ1v) is 14.4. The molecule has 0 bridgehead atoms. The lowest BCUT2D eigenvalue weighted by molar-refractivity contribution is 0.0684. The van der Waals surface area contributed by atoms with Crippen LogP contribution in [0.2, 0.25) is 0 Å². The van der Waals surface area contributed by atoms with Crippen molar-refractivity contribution in [1.82, 2.24) is 0 Å². The quantitative estimate of drug-likeness (QED) is 0.114. The van der Waals surface area contributed by atoms with Crippen LogP contribution in [0.4, 0.5) is 4.39 Å². The summed E-state index contributed by atoms with van der Waals surface area (Å²) in [5, 5.41) is 46.1. The normalized spacial score (nSPS) is 10.0. The van der Waals surface area contributed by atoms with E-state index in [9.17, 15) is 29.0 Å². The summed E-state index contributed by atoms with van der Waals surface area (Å²) in [5.41, 5.74) is 3.90. The molecule has 0 unspecified atom stereocenters. The van der Waals surface area contributed by atoms with Gasteiger partial charge in [-0.1, -0.05) is 97.1 Å². The fourth-order valence-corrected chi connectivity index (χ4v) is 4.47. The van der Waals surface area contributed by atoms with E-state index in [1.54, 1.807) is 60.7 Å². The van der Waals surface area contributed by atoms with Crippen LogP contribution in [0.5, 0.6) is 17.2 Å². The molecular formula is C39H29FO8. The van der Waals surface area contributed by atoms with Gasteiger partial charge in [-0.2, -0.15) is 0 Å². The third-order valence-corrected chi connectivity index (χ3v) is 6.92. The molecule has 0 heterocycles. The predicted octanol–water partition coefficient (Wildman–Crippen LogP) is 8.28. The molecule has 0 aliphatic carbocycles. The number of rotatable bonds is 6. The van der Waals surface area contributed by atoms with E-state index in [1.807, 2.05) is 36.4 Å². The molecule has 0 amide bonds. The summed E-state index contributed by atoms with van der Waals surface area (Å²) in [6.07, 6.45) is 0. The van der Waals surface area contributed by atoms with Crippen molar-refractivity contribution in [3.05, 3.63) is 174 Å². The lowest BCUT2D eigenvalue weighted by Crippen LogP contribution is -2.00. The minimum atomic E-state index is -1.13. The van der Waals surface area contributed by atoms with Crippen LogP contribution in [0.3, 0.4) is 0 Å². The Balaban J connectivity index is 0.000000163. The van der Waals surface area contributed by atoms with Gasteiger partial charge in [-0.05, 0) is 59.2 Å². The zero-order valence-electron chi connectivity index (χ0n) is 25.2. The van der Waals surface area contributed by atoms with Gasteiger partial charge in [0.25, 0.3) is 0 Å². The van der Waals surface area contributed by atoms with E-state index < -0.39 is 11.9 Å². The molecule has 0 saturated heterocycles. The predicted molar refractivity (Wildman–Crippen MR) is 179 cm³/mol. The average Bonchev–Trinajstić information content (AvgIpc) is 3.10. The van der Waals surface area contributed by atoms with Gasteiger partial charge in [0.2, 0.25) is 0 Å². The lowest BCUT2D eigenvalue weighted by atomic mass is 10.0. The topological polar surface area (TPSA) is 152 Å². The highest BCUT2D eigenvalue weighted by Gasteiger charge is 2.14. The largest absolute Gasteiger partial charge is 0.508 e. The Labute approximate surface area is 274 Å². The van der Waals surface area contributed by atoms with Crippen molar-refractivity contribution in [2.75, 3.05) is 0 Å². The maximum atomic E-state index is 12.7. The second-order valence-electron chi connectivity index (χ2n) is 10.2. The van der Waals surface area contributed by atoms with Crippen LogP contribution in [0.1, 0.15) is 36.6 Å². The van der Waals surface area contributed by atoms with Crippen LogP contribution in [-0.2, 0) is 0 Å². The summed E-state index contributed by atoms with van der Waals surface area (Å²) in [4.78, 5) is 33.4. The summed E-state index contributed by atoms with van der Waals surface area (Å²) in [6.45, 7) is 0. The van der Waals surface area contributed by atoms with Crippen LogP contribution < -0.4 is 0 Å². The fourth-order valence-electron chi connectivity index (χ4n) is 4.47. The number of phenolic OH excluding ortho intramolecular Hbond substituents is 2. The number of para-hydroxylation sites is 1. The van der Waals surface area contributed by atoms with Crippen LogP contribution in [0.25, 0.3) is 22.3 Å². The number of carboxylic acids is 2. The standard InChI is InChI=1S/C13H9FO2.2C13H10O3/c14-12-7-5-10(6-8-12)9-1-3-11(4-2-9)13(15)16;14-12-10(9-5-2-1-3-6-9)7-4-8-11(12)13(15)16;14-10-6-7-11(12(15)8-10)13(16)9-4-2-1-3-5-9/h1-8H,(H,15,16);1-8,14H,(H,15,16);1-8,14-15H.